The highest BCUT2D eigenvalue weighted by Gasteiger charge is 2.25. The van der Waals surface area contributed by atoms with Crippen molar-refractivity contribution in [2.45, 2.75) is 6.04 Å². The Labute approximate surface area is 106 Å². The summed E-state index contributed by atoms with van der Waals surface area (Å²) in [6.07, 6.45) is 0. The molecule has 1 fully saturated rings. The summed E-state index contributed by atoms with van der Waals surface area (Å²) < 4.78 is 4.75. The molecule has 0 aromatic heterocycles. The van der Waals surface area contributed by atoms with Gasteiger partial charge in [0.1, 0.15) is 0 Å². The van der Waals surface area contributed by atoms with E-state index >= 15 is 0 Å². The molecule has 0 bridgehead atoms. The van der Waals surface area contributed by atoms with Gasteiger partial charge in [0.05, 0.1) is 13.7 Å². The van der Waals surface area contributed by atoms with Crippen LogP contribution in [0.5, 0.6) is 0 Å². The van der Waals surface area contributed by atoms with E-state index in [1.807, 2.05) is 30.0 Å². The third kappa shape index (κ3) is 3.23. The zero-order valence-electron chi connectivity index (χ0n) is 9.96. The molecule has 0 unspecified atom stereocenters. The Morgan fingerprint density at radius 1 is 1.47 bits per heavy atom. The number of ether oxygens (including phenoxy) is 1. The van der Waals surface area contributed by atoms with Crippen molar-refractivity contribution in [3.63, 3.8) is 0 Å². The molecule has 1 atom stereocenters. The van der Waals surface area contributed by atoms with E-state index < -0.39 is 0 Å². The number of methoxy groups -OCH3 is 1. The van der Waals surface area contributed by atoms with E-state index in [9.17, 15) is 4.79 Å². The molecule has 0 radical (unpaired) electrons. The van der Waals surface area contributed by atoms with Gasteiger partial charge in [-0.25, -0.2) is 0 Å². The molecule has 1 aromatic carbocycles. The van der Waals surface area contributed by atoms with Crippen molar-refractivity contribution in [3.8, 4) is 0 Å². The topological polar surface area (TPSA) is 29.5 Å². The number of thioether (sulfide) groups is 1. The molecule has 1 heterocycles. The van der Waals surface area contributed by atoms with Crippen LogP contribution in [0.3, 0.4) is 0 Å². The Balaban J connectivity index is 2.09. The molecule has 0 N–H and O–H groups in total. The van der Waals surface area contributed by atoms with E-state index in [0.29, 0.717) is 12.6 Å². The van der Waals surface area contributed by atoms with Crippen LogP contribution < -0.4 is 0 Å². The summed E-state index contributed by atoms with van der Waals surface area (Å²) in [6, 6.07) is 10.7. The first-order valence-corrected chi connectivity index (χ1v) is 6.90. The highest BCUT2D eigenvalue weighted by atomic mass is 32.2. The maximum Gasteiger partial charge on any atom is 0.319 e. The summed E-state index contributed by atoms with van der Waals surface area (Å²) in [7, 11) is 1.44. The molecule has 0 aliphatic carbocycles. The van der Waals surface area contributed by atoms with Gasteiger partial charge in [0.15, 0.2) is 0 Å². The van der Waals surface area contributed by atoms with Crippen molar-refractivity contribution in [1.29, 1.82) is 0 Å². The Bertz CT molecular complexity index is 369. The van der Waals surface area contributed by atoms with Gasteiger partial charge in [0.2, 0.25) is 0 Å². The fourth-order valence-corrected chi connectivity index (χ4v) is 3.20. The minimum Gasteiger partial charge on any atom is -0.468 e. The maximum atomic E-state index is 11.4. The van der Waals surface area contributed by atoms with E-state index in [-0.39, 0.29) is 5.97 Å². The summed E-state index contributed by atoms with van der Waals surface area (Å²) >= 11 is 1.94. The first-order chi connectivity index (χ1) is 8.31. The fourth-order valence-electron chi connectivity index (χ4n) is 2.04. The van der Waals surface area contributed by atoms with Gasteiger partial charge >= 0.3 is 5.97 Å². The molecule has 1 saturated heterocycles. The standard InChI is InChI=1S/C13H17NO2S/c1-16-13(15)9-14-7-8-17-10-12(14)11-5-3-2-4-6-11/h2-6,12H,7-10H2,1H3/t12-/m1/s1. The largest absolute Gasteiger partial charge is 0.468 e. The normalized spacial score (nSPS) is 21.1. The smallest absolute Gasteiger partial charge is 0.319 e. The Kier molecular flexibility index (Phi) is 4.45. The number of hydrogen-bond acceptors (Lipinski definition) is 4. The van der Waals surface area contributed by atoms with Crippen LogP contribution in [0, 0.1) is 0 Å². The number of benzene rings is 1. The van der Waals surface area contributed by atoms with Crippen molar-refractivity contribution < 1.29 is 9.53 Å². The molecular weight excluding hydrogens is 234 g/mol. The van der Waals surface area contributed by atoms with E-state index in [0.717, 1.165) is 18.1 Å². The van der Waals surface area contributed by atoms with Crippen LogP contribution >= 0.6 is 11.8 Å². The number of carbonyl (C=O) groups excluding carboxylic acids is 1. The van der Waals surface area contributed by atoms with Gasteiger partial charge in [0, 0.05) is 24.1 Å². The van der Waals surface area contributed by atoms with E-state index in [1.165, 1.54) is 12.7 Å². The molecule has 17 heavy (non-hydrogen) atoms. The summed E-state index contributed by atoms with van der Waals surface area (Å²) in [4.78, 5) is 13.6. The average Bonchev–Trinajstić information content (AvgIpc) is 2.40. The van der Waals surface area contributed by atoms with Crippen molar-refractivity contribution in [3.05, 3.63) is 35.9 Å². The zero-order valence-corrected chi connectivity index (χ0v) is 10.8. The fraction of sp³-hybridized carbons (Fsp3) is 0.462. The highest BCUT2D eigenvalue weighted by molar-refractivity contribution is 7.99. The van der Waals surface area contributed by atoms with Gasteiger partial charge in [-0.1, -0.05) is 30.3 Å². The summed E-state index contributed by atoms with van der Waals surface area (Å²) in [5.74, 6) is 1.97. The lowest BCUT2D eigenvalue weighted by Gasteiger charge is -2.34. The molecule has 0 amide bonds. The van der Waals surface area contributed by atoms with Crippen LogP contribution in [-0.4, -0.2) is 42.6 Å². The van der Waals surface area contributed by atoms with Gasteiger partial charge in [-0.3, -0.25) is 9.69 Å². The molecule has 3 nitrogen and oxygen atoms in total. The van der Waals surface area contributed by atoms with E-state index in [2.05, 4.69) is 17.0 Å². The Hall–Kier alpha value is -1.00. The lowest BCUT2D eigenvalue weighted by atomic mass is 10.1. The predicted molar refractivity (Wildman–Crippen MR) is 70.1 cm³/mol. The quantitative estimate of drug-likeness (QED) is 0.768. The zero-order chi connectivity index (χ0) is 12.1. The highest BCUT2D eigenvalue weighted by Crippen LogP contribution is 2.28. The summed E-state index contributed by atoms with van der Waals surface area (Å²) in [5.41, 5.74) is 1.28. The van der Waals surface area contributed by atoms with Crippen molar-refractivity contribution in [2.75, 3.05) is 31.7 Å². The first kappa shape index (κ1) is 12.5. The monoisotopic (exact) mass is 251 g/mol. The molecule has 0 saturated carbocycles. The van der Waals surface area contributed by atoms with Gasteiger partial charge in [-0.15, -0.1) is 0 Å². The second-order valence-corrected chi connectivity index (χ2v) is 5.20. The number of nitrogens with zero attached hydrogens (tertiary/aromatic N) is 1. The van der Waals surface area contributed by atoms with E-state index in [1.54, 1.807) is 0 Å². The van der Waals surface area contributed by atoms with Crippen LogP contribution in [0.2, 0.25) is 0 Å². The number of carbonyl (C=O) groups is 1. The van der Waals surface area contributed by atoms with Gasteiger partial charge < -0.3 is 4.74 Å². The van der Waals surface area contributed by atoms with Crippen LogP contribution in [-0.2, 0) is 9.53 Å². The third-order valence-electron chi connectivity index (χ3n) is 2.98. The Morgan fingerprint density at radius 2 is 2.24 bits per heavy atom. The third-order valence-corrected chi connectivity index (χ3v) is 4.01. The molecule has 92 valence electrons. The molecule has 0 spiro atoms. The summed E-state index contributed by atoms with van der Waals surface area (Å²) in [6.45, 7) is 1.33. The number of esters is 1. The minimum absolute atomic E-state index is 0.155. The SMILES string of the molecule is COC(=O)CN1CCSC[C@@H]1c1ccccc1. The lowest BCUT2D eigenvalue weighted by molar-refractivity contribution is -0.142. The lowest BCUT2D eigenvalue weighted by Crippen LogP contribution is -2.39. The van der Waals surface area contributed by atoms with Crippen molar-refractivity contribution >= 4 is 17.7 Å². The van der Waals surface area contributed by atoms with Gasteiger partial charge in [0.25, 0.3) is 0 Å². The van der Waals surface area contributed by atoms with Crippen LogP contribution in [0.15, 0.2) is 30.3 Å². The Morgan fingerprint density at radius 3 is 2.94 bits per heavy atom. The second-order valence-electron chi connectivity index (χ2n) is 4.05. The predicted octanol–water partition coefficient (Wildman–Crippen LogP) is 1.95. The first-order valence-electron chi connectivity index (χ1n) is 5.75. The second kappa shape index (κ2) is 6.07. The number of hydrogen-bond donors (Lipinski definition) is 0. The maximum absolute atomic E-state index is 11.4. The molecule has 1 aromatic rings. The van der Waals surface area contributed by atoms with Crippen LogP contribution in [0.1, 0.15) is 11.6 Å². The molecular formula is C13H17NO2S. The van der Waals surface area contributed by atoms with Crippen LogP contribution in [0.25, 0.3) is 0 Å². The average molecular weight is 251 g/mol. The van der Waals surface area contributed by atoms with Crippen molar-refractivity contribution in [2.24, 2.45) is 0 Å². The molecule has 1 aliphatic heterocycles. The summed E-state index contributed by atoms with van der Waals surface area (Å²) in [5, 5.41) is 0. The van der Waals surface area contributed by atoms with Crippen molar-refractivity contribution in [1.82, 2.24) is 4.90 Å². The molecule has 4 heteroatoms. The van der Waals surface area contributed by atoms with Gasteiger partial charge in [-0.2, -0.15) is 11.8 Å². The van der Waals surface area contributed by atoms with Crippen LogP contribution in [0.4, 0.5) is 0 Å². The van der Waals surface area contributed by atoms with E-state index in [4.69, 9.17) is 4.74 Å². The molecule has 1 aliphatic rings. The van der Waals surface area contributed by atoms with Gasteiger partial charge in [-0.05, 0) is 5.56 Å². The molecule has 2 rings (SSSR count). The minimum atomic E-state index is -0.155. The number of rotatable bonds is 3.